The van der Waals surface area contributed by atoms with E-state index < -0.39 is 0 Å². The van der Waals surface area contributed by atoms with Gasteiger partial charge in [-0.3, -0.25) is 5.10 Å². The van der Waals surface area contributed by atoms with Crippen LogP contribution in [0.2, 0.25) is 0 Å². The van der Waals surface area contributed by atoms with E-state index in [2.05, 4.69) is 25.5 Å². The smallest absolute Gasteiger partial charge is 0.188 e. The minimum atomic E-state index is 0.412. The second-order valence-corrected chi connectivity index (χ2v) is 4.51. The van der Waals surface area contributed by atoms with Crippen LogP contribution in [0.5, 0.6) is 0 Å². The number of pyridine rings is 1. The normalized spacial score (nSPS) is 10.1. The quantitative estimate of drug-likeness (QED) is 0.761. The zero-order valence-electron chi connectivity index (χ0n) is 9.66. The molecule has 0 aliphatic heterocycles. The molecule has 0 amide bonds. The summed E-state index contributed by atoms with van der Waals surface area (Å²) in [5.41, 5.74) is 1.83. The number of rotatable bonds is 3. The zero-order valence-corrected chi connectivity index (χ0v) is 10.5. The van der Waals surface area contributed by atoms with Gasteiger partial charge in [0.25, 0.3) is 0 Å². The first-order chi connectivity index (χ1) is 9.36. The van der Waals surface area contributed by atoms with Crippen molar-refractivity contribution in [2.45, 2.75) is 0 Å². The van der Waals surface area contributed by atoms with Gasteiger partial charge in [0.15, 0.2) is 5.13 Å². The van der Waals surface area contributed by atoms with E-state index in [1.54, 1.807) is 12.4 Å². The Morgan fingerprint density at radius 3 is 3.11 bits per heavy atom. The van der Waals surface area contributed by atoms with Crippen LogP contribution >= 0.6 is 11.3 Å². The van der Waals surface area contributed by atoms with Gasteiger partial charge in [-0.2, -0.15) is 10.4 Å². The van der Waals surface area contributed by atoms with Crippen molar-refractivity contribution in [3.05, 3.63) is 41.7 Å². The van der Waals surface area contributed by atoms with E-state index in [0.717, 1.165) is 10.9 Å². The van der Waals surface area contributed by atoms with Gasteiger partial charge in [0.05, 0.1) is 17.5 Å². The number of anilines is 2. The van der Waals surface area contributed by atoms with Crippen molar-refractivity contribution >= 4 is 22.3 Å². The summed E-state index contributed by atoms with van der Waals surface area (Å²) in [6.07, 6.45) is 3.30. The Bertz CT molecular complexity index is 724. The topological polar surface area (TPSA) is 90.3 Å². The molecule has 0 aliphatic rings. The fourth-order valence-corrected chi connectivity index (χ4v) is 2.28. The third-order valence-electron chi connectivity index (χ3n) is 2.43. The Kier molecular flexibility index (Phi) is 2.92. The monoisotopic (exact) mass is 268 g/mol. The van der Waals surface area contributed by atoms with Crippen LogP contribution in [0.15, 0.2) is 36.0 Å². The molecule has 0 unspecified atom stereocenters. The second kappa shape index (κ2) is 4.88. The molecule has 0 saturated carbocycles. The number of hydrogen-bond donors (Lipinski definition) is 2. The third kappa shape index (κ3) is 2.29. The van der Waals surface area contributed by atoms with Gasteiger partial charge in [-0.05, 0) is 12.1 Å². The van der Waals surface area contributed by atoms with E-state index >= 15 is 0 Å². The minimum absolute atomic E-state index is 0.412. The van der Waals surface area contributed by atoms with Crippen LogP contribution in [-0.4, -0.2) is 20.2 Å². The van der Waals surface area contributed by atoms with Gasteiger partial charge in [0.2, 0.25) is 0 Å². The molecule has 0 saturated heterocycles. The molecule has 19 heavy (non-hydrogen) atoms. The molecule has 2 N–H and O–H groups in total. The molecule has 0 radical (unpaired) electrons. The van der Waals surface area contributed by atoms with Gasteiger partial charge in [0, 0.05) is 11.6 Å². The van der Waals surface area contributed by atoms with Crippen molar-refractivity contribution in [2.24, 2.45) is 0 Å². The summed E-state index contributed by atoms with van der Waals surface area (Å²) in [7, 11) is 0. The largest absolute Gasteiger partial charge is 0.316 e. The average molecular weight is 268 g/mol. The van der Waals surface area contributed by atoms with Crippen molar-refractivity contribution in [3.63, 3.8) is 0 Å². The number of hydrogen-bond acceptors (Lipinski definition) is 6. The number of thiazole rings is 1. The molecule has 3 rings (SSSR count). The van der Waals surface area contributed by atoms with Crippen LogP contribution in [0, 0.1) is 11.3 Å². The van der Waals surface area contributed by atoms with Gasteiger partial charge >= 0.3 is 0 Å². The van der Waals surface area contributed by atoms with Crippen molar-refractivity contribution < 1.29 is 0 Å². The fourth-order valence-electron chi connectivity index (χ4n) is 1.57. The Labute approximate surface area is 112 Å². The molecule has 0 aliphatic carbocycles. The Morgan fingerprint density at radius 1 is 1.37 bits per heavy atom. The molecule has 6 nitrogen and oxygen atoms in total. The number of aromatic nitrogens is 4. The zero-order chi connectivity index (χ0) is 13.1. The van der Waals surface area contributed by atoms with Crippen LogP contribution in [0.25, 0.3) is 11.3 Å². The van der Waals surface area contributed by atoms with Gasteiger partial charge < -0.3 is 5.32 Å². The van der Waals surface area contributed by atoms with E-state index in [4.69, 9.17) is 5.26 Å². The molecule has 0 aromatic carbocycles. The maximum atomic E-state index is 8.94. The maximum Gasteiger partial charge on any atom is 0.188 e. The number of nitrogens with zero attached hydrogens (tertiary/aromatic N) is 4. The van der Waals surface area contributed by atoms with E-state index in [0.29, 0.717) is 17.0 Å². The van der Waals surface area contributed by atoms with Crippen molar-refractivity contribution in [3.8, 4) is 17.3 Å². The maximum absolute atomic E-state index is 8.94. The first-order valence-electron chi connectivity index (χ1n) is 5.44. The summed E-state index contributed by atoms with van der Waals surface area (Å²) < 4.78 is 0. The van der Waals surface area contributed by atoms with Crippen molar-refractivity contribution in [1.82, 2.24) is 20.2 Å². The van der Waals surface area contributed by atoms with Gasteiger partial charge in [-0.15, -0.1) is 11.3 Å². The lowest BCUT2D eigenvalue weighted by Gasteiger charge is -1.99. The van der Waals surface area contributed by atoms with Crippen LogP contribution in [-0.2, 0) is 0 Å². The molecule has 3 heterocycles. The van der Waals surface area contributed by atoms with Crippen LogP contribution in [0.4, 0.5) is 10.9 Å². The number of aromatic amines is 1. The highest BCUT2D eigenvalue weighted by Crippen LogP contribution is 2.27. The molecule has 0 bridgehead atoms. The lowest BCUT2D eigenvalue weighted by molar-refractivity contribution is 1.07. The summed E-state index contributed by atoms with van der Waals surface area (Å²) in [6, 6.07) is 7.65. The molecule has 0 spiro atoms. The molecule has 0 atom stereocenters. The van der Waals surface area contributed by atoms with Crippen LogP contribution in [0.3, 0.4) is 0 Å². The minimum Gasteiger partial charge on any atom is -0.316 e. The number of nitriles is 1. The molecule has 3 aromatic rings. The summed E-state index contributed by atoms with van der Waals surface area (Å²) in [4.78, 5) is 8.58. The summed E-state index contributed by atoms with van der Waals surface area (Å²) in [6.45, 7) is 0. The van der Waals surface area contributed by atoms with Crippen molar-refractivity contribution in [1.29, 1.82) is 5.26 Å². The Morgan fingerprint density at radius 2 is 2.32 bits per heavy atom. The molecule has 0 fully saturated rings. The molecular weight excluding hydrogens is 260 g/mol. The Hall–Kier alpha value is -2.72. The highest BCUT2D eigenvalue weighted by atomic mass is 32.1. The predicted molar refractivity (Wildman–Crippen MR) is 71.9 cm³/mol. The number of H-pyrrole nitrogens is 1. The highest BCUT2D eigenvalue weighted by Gasteiger charge is 2.11. The van der Waals surface area contributed by atoms with Crippen molar-refractivity contribution in [2.75, 3.05) is 5.32 Å². The lowest BCUT2D eigenvalue weighted by Crippen LogP contribution is -1.91. The predicted octanol–water partition coefficient (Wildman–Crippen LogP) is 2.54. The molecule has 92 valence electrons. The van der Waals surface area contributed by atoms with Gasteiger partial charge in [0.1, 0.15) is 17.6 Å². The van der Waals surface area contributed by atoms with Crippen LogP contribution in [0.1, 0.15) is 5.69 Å². The summed E-state index contributed by atoms with van der Waals surface area (Å²) >= 11 is 1.45. The summed E-state index contributed by atoms with van der Waals surface area (Å²) in [5.74, 6) is 0.733. The first kappa shape index (κ1) is 11.4. The van der Waals surface area contributed by atoms with Gasteiger partial charge in [-0.1, -0.05) is 6.07 Å². The average Bonchev–Trinajstić information content (AvgIpc) is 3.07. The highest BCUT2D eigenvalue weighted by molar-refractivity contribution is 7.14. The van der Waals surface area contributed by atoms with E-state index in [1.807, 2.05) is 29.6 Å². The van der Waals surface area contributed by atoms with E-state index in [1.165, 1.54) is 11.3 Å². The standard InChI is InChI=1S/C12H8N6S/c13-5-9-8(6-15-18-9)10-7-19-12(16-10)17-11-3-1-2-4-14-11/h1-4,6-7H,(H,15,18)(H,14,16,17). The van der Waals surface area contributed by atoms with Crippen LogP contribution < -0.4 is 5.32 Å². The molecule has 7 heteroatoms. The fraction of sp³-hybridized carbons (Fsp3) is 0. The molecular formula is C12H8N6S. The van der Waals surface area contributed by atoms with Gasteiger partial charge in [-0.25, -0.2) is 9.97 Å². The molecule has 3 aromatic heterocycles. The third-order valence-corrected chi connectivity index (χ3v) is 3.19. The first-order valence-corrected chi connectivity index (χ1v) is 6.32. The second-order valence-electron chi connectivity index (χ2n) is 3.65. The van der Waals surface area contributed by atoms with E-state index in [-0.39, 0.29) is 0 Å². The van der Waals surface area contributed by atoms with E-state index in [9.17, 15) is 0 Å². The lowest BCUT2D eigenvalue weighted by atomic mass is 10.2. The Balaban J connectivity index is 1.86. The summed E-state index contributed by atoms with van der Waals surface area (Å²) in [5, 5.41) is 21.1. The SMILES string of the molecule is N#Cc1[nH]ncc1-c1csc(Nc2ccccn2)n1. The number of nitrogens with one attached hydrogen (secondary N) is 2.